The molecule has 1 aliphatic rings. The fourth-order valence-corrected chi connectivity index (χ4v) is 2.56. The zero-order valence-corrected chi connectivity index (χ0v) is 13.3. The summed E-state index contributed by atoms with van der Waals surface area (Å²) in [5.41, 5.74) is 0.970. The van der Waals surface area contributed by atoms with Crippen LogP contribution in [0, 0.1) is 5.82 Å². The Morgan fingerprint density at radius 2 is 1.78 bits per heavy atom. The summed E-state index contributed by atoms with van der Waals surface area (Å²) in [6.07, 6.45) is 0.312. The Balaban J connectivity index is 1.72. The molecule has 0 bridgehead atoms. The quantitative estimate of drug-likeness (QED) is 0.785. The number of nitrogens with zero attached hydrogens (tertiary/aromatic N) is 2. The van der Waals surface area contributed by atoms with Crippen molar-refractivity contribution in [3.05, 3.63) is 30.1 Å². The van der Waals surface area contributed by atoms with Gasteiger partial charge >= 0.3 is 0 Å². The molecule has 1 fully saturated rings. The molecule has 2 N–H and O–H groups in total. The Kier molecular flexibility index (Phi) is 6.34. The van der Waals surface area contributed by atoms with Crippen molar-refractivity contribution >= 4 is 17.5 Å². The first-order chi connectivity index (χ1) is 11.1. The van der Waals surface area contributed by atoms with E-state index in [1.807, 2.05) is 4.90 Å². The van der Waals surface area contributed by atoms with Crippen LogP contribution in [0.1, 0.15) is 6.42 Å². The van der Waals surface area contributed by atoms with E-state index >= 15 is 0 Å². The van der Waals surface area contributed by atoms with Crippen molar-refractivity contribution in [1.82, 2.24) is 15.5 Å². The molecule has 7 heteroatoms. The maximum Gasteiger partial charge on any atom is 0.233 e. The second-order valence-corrected chi connectivity index (χ2v) is 5.47. The SMILES string of the molecule is CNCC(=O)NCCC(=O)N1CCN(c2ccc(F)cc2)CC1. The summed E-state index contributed by atoms with van der Waals surface area (Å²) in [4.78, 5) is 27.4. The van der Waals surface area contributed by atoms with Crippen molar-refractivity contribution in [2.24, 2.45) is 0 Å². The van der Waals surface area contributed by atoms with E-state index in [2.05, 4.69) is 15.5 Å². The minimum absolute atomic E-state index is 0.0495. The summed E-state index contributed by atoms with van der Waals surface area (Å²) in [7, 11) is 1.70. The van der Waals surface area contributed by atoms with Gasteiger partial charge in [0, 0.05) is 44.8 Å². The Hall–Kier alpha value is -2.15. The molecular formula is C16H23FN4O2. The number of likely N-dealkylation sites (N-methyl/N-ethyl adjacent to an activating group) is 1. The molecule has 0 spiro atoms. The van der Waals surface area contributed by atoms with Crippen LogP contribution in [0.2, 0.25) is 0 Å². The molecule has 1 saturated heterocycles. The van der Waals surface area contributed by atoms with E-state index in [4.69, 9.17) is 0 Å². The first kappa shape index (κ1) is 17.2. The Bertz CT molecular complexity index is 527. The third-order valence-electron chi connectivity index (χ3n) is 3.82. The van der Waals surface area contributed by atoms with Gasteiger partial charge in [-0.15, -0.1) is 0 Å². The fraction of sp³-hybridized carbons (Fsp3) is 0.500. The van der Waals surface area contributed by atoms with E-state index in [0.717, 1.165) is 18.8 Å². The Labute approximate surface area is 135 Å². The molecule has 1 aromatic carbocycles. The normalized spacial score (nSPS) is 14.7. The van der Waals surface area contributed by atoms with E-state index in [9.17, 15) is 14.0 Å². The summed E-state index contributed by atoms with van der Waals surface area (Å²) in [6.45, 7) is 3.34. The lowest BCUT2D eigenvalue weighted by atomic mass is 10.2. The number of carbonyl (C=O) groups is 2. The topological polar surface area (TPSA) is 64.7 Å². The van der Waals surface area contributed by atoms with E-state index in [1.54, 1.807) is 19.2 Å². The van der Waals surface area contributed by atoms with Gasteiger partial charge in [-0.05, 0) is 31.3 Å². The van der Waals surface area contributed by atoms with Gasteiger partial charge in [-0.1, -0.05) is 0 Å². The molecule has 0 radical (unpaired) electrons. The molecule has 0 saturated carbocycles. The lowest BCUT2D eigenvalue weighted by molar-refractivity contribution is -0.131. The van der Waals surface area contributed by atoms with E-state index in [0.29, 0.717) is 26.1 Å². The molecule has 0 unspecified atom stereocenters. The number of nitrogens with one attached hydrogen (secondary N) is 2. The van der Waals surface area contributed by atoms with Crippen molar-refractivity contribution in [2.75, 3.05) is 51.2 Å². The maximum absolute atomic E-state index is 12.9. The largest absolute Gasteiger partial charge is 0.368 e. The summed E-state index contributed by atoms with van der Waals surface area (Å²) < 4.78 is 12.9. The molecule has 0 atom stereocenters. The molecule has 2 amide bonds. The van der Waals surface area contributed by atoms with Crippen LogP contribution in [-0.2, 0) is 9.59 Å². The molecule has 6 nitrogen and oxygen atoms in total. The second kappa shape index (κ2) is 8.47. The van der Waals surface area contributed by atoms with E-state index < -0.39 is 0 Å². The first-order valence-electron chi connectivity index (χ1n) is 7.79. The lowest BCUT2D eigenvalue weighted by Gasteiger charge is -2.36. The highest BCUT2D eigenvalue weighted by Crippen LogP contribution is 2.17. The number of halogens is 1. The molecule has 23 heavy (non-hydrogen) atoms. The highest BCUT2D eigenvalue weighted by molar-refractivity contribution is 5.80. The highest BCUT2D eigenvalue weighted by Gasteiger charge is 2.21. The number of carbonyl (C=O) groups excluding carboxylic acids is 2. The third-order valence-corrected chi connectivity index (χ3v) is 3.82. The predicted octanol–water partition coefficient (Wildman–Crippen LogP) is 0.200. The van der Waals surface area contributed by atoms with E-state index in [1.165, 1.54) is 12.1 Å². The van der Waals surface area contributed by atoms with Crippen molar-refractivity contribution in [3.8, 4) is 0 Å². The van der Waals surface area contributed by atoms with Crippen molar-refractivity contribution in [2.45, 2.75) is 6.42 Å². The average molecular weight is 322 g/mol. The minimum atomic E-state index is -0.247. The molecule has 2 rings (SSSR count). The molecule has 0 aliphatic carbocycles. The number of anilines is 1. The van der Waals surface area contributed by atoms with E-state index in [-0.39, 0.29) is 24.2 Å². The predicted molar refractivity (Wildman–Crippen MR) is 86.7 cm³/mol. The maximum atomic E-state index is 12.9. The van der Waals surface area contributed by atoms with Crippen molar-refractivity contribution in [3.63, 3.8) is 0 Å². The Morgan fingerprint density at radius 3 is 2.39 bits per heavy atom. The summed E-state index contributed by atoms with van der Waals surface area (Å²) >= 11 is 0. The van der Waals surface area contributed by atoms with Crippen LogP contribution in [0.25, 0.3) is 0 Å². The minimum Gasteiger partial charge on any atom is -0.368 e. The number of amides is 2. The summed E-state index contributed by atoms with van der Waals surface area (Å²) in [6, 6.07) is 6.40. The number of piperazine rings is 1. The van der Waals surface area contributed by atoms with Gasteiger partial charge in [0.05, 0.1) is 6.54 Å². The second-order valence-electron chi connectivity index (χ2n) is 5.47. The van der Waals surface area contributed by atoms with Crippen LogP contribution in [0.3, 0.4) is 0 Å². The zero-order chi connectivity index (χ0) is 16.7. The Morgan fingerprint density at radius 1 is 1.13 bits per heavy atom. The van der Waals surface area contributed by atoms with Gasteiger partial charge in [0.2, 0.25) is 11.8 Å². The van der Waals surface area contributed by atoms with Gasteiger partial charge in [0.25, 0.3) is 0 Å². The standard InChI is InChI=1S/C16H23FN4O2/c1-18-12-15(22)19-7-6-16(23)21-10-8-20(9-11-21)14-4-2-13(17)3-5-14/h2-5,18H,6-12H2,1H3,(H,19,22). The third kappa shape index (κ3) is 5.21. The number of hydrogen-bond donors (Lipinski definition) is 2. The molecule has 126 valence electrons. The molecule has 1 aromatic rings. The smallest absolute Gasteiger partial charge is 0.233 e. The van der Waals surface area contributed by atoms with Crippen LogP contribution in [0.15, 0.2) is 24.3 Å². The first-order valence-corrected chi connectivity index (χ1v) is 7.79. The molecule has 1 aliphatic heterocycles. The highest BCUT2D eigenvalue weighted by atomic mass is 19.1. The molecule has 0 aromatic heterocycles. The number of rotatable bonds is 6. The van der Waals surface area contributed by atoms with Crippen LogP contribution in [-0.4, -0.2) is 63.0 Å². The fourth-order valence-electron chi connectivity index (χ4n) is 2.56. The van der Waals surface area contributed by atoms with Gasteiger partial charge in [0.15, 0.2) is 0 Å². The average Bonchev–Trinajstić information content (AvgIpc) is 2.56. The van der Waals surface area contributed by atoms with Crippen LogP contribution < -0.4 is 15.5 Å². The van der Waals surface area contributed by atoms with Crippen molar-refractivity contribution in [1.29, 1.82) is 0 Å². The van der Waals surface area contributed by atoms with Crippen LogP contribution >= 0.6 is 0 Å². The van der Waals surface area contributed by atoms with Crippen molar-refractivity contribution < 1.29 is 14.0 Å². The zero-order valence-electron chi connectivity index (χ0n) is 13.3. The summed E-state index contributed by atoms with van der Waals surface area (Å²) in [5.74, 6) is -0.308. The van der Waals surface area contributed by atoms with Gasteiger partial charge < -0.3 is 20.4 Å². The molecule has 1 heterocycles. The monoisotopic (exact) mass is 322 g/mol. The van der Waals surface area contributed by atoms with Crippen LogP contribution in [0.5, 0.6) is 0 Å². The molecular weight excluding hydrogens is 299 g/mol. The number of benzene rings is 1. The summed E-state index contributed by atoms with van der Waals surface area (Å²) in [5, 5.41) is 5.46. The van der Waals surface area contributed by atoms with Gasteiger partial charge in [-0.3, -0.25) is 9.59 Å². The van der Waals surface area contributed by atoms with Crippen LogP contribution in [0.4, 0.5) is 10.1 Å². The van der Waals surface area contributed by atoms with Gasteiger partial charge in [-0.25, -0.2) is 4.39 Å². The lowest BCUT2D eigenvalue weighted by Crippen LogP contribution is -2.49. The number of hydrogen-bond acceptors (Lipinski definition) is 4. The van der Waals surface area contributed by atoms with Gasteiger partial charge in [-0.2, -0.15) is 0 Å². The van der Waals surface area contributed by atoms with Gasteiger partial charge in [0.1, 0.15) is 5.82 Å².